The lowest BCUT2D eigenvalue weighted by Crippen LogP contribution is -2.02. The zero-order valence-corrected chi connectivity index (χ0v) is 11.7. The van der Waals surface area contributed by atoms with Gasteiger partial charge in [-0.15, -0.1) is 0 Å². The summed E-state index contributed by atoms with van der Waals surface area (Å²) in [5, 5.41) is 0.424. The molecule has 2 rings (SSSR count). The number of anilines is 1. The molecule has 4 nitrogen and oxygen atoms in total. The van der Waals surface area contributed by atoms with Crippen molar-refractivity contribution in [2.24, 2.45) is 0 Å². The van der Waals surface area contributed by atoms with E-state index in [1.807, 2.05) is 0 Å². The number of methoxy groups -OCH3 is 1. The Morgan fingerprint density at radius 2 is 1.95 bits per heavy atom. The van der Waals surface area contributed by atoms with Gasteiger partial charge in [-0.05, 0) is 19.1 Å². The van der Waals surface area contributed by atoms with Crippen molar-refractivity contribution in [2.75, 3.05) is 12.8 Å². The van der Waals surface area contributed by atoms with E-state index in [-0.39, 0.29) is 33.0 Å². The van der Waals surface area contributed by atoms with Gasteiger partial charge in [0.15, 0.2) is 17.4 Å². The minimum atomic E-state index is -0.642. The maximum Gasteiger partial charge on any atom is 0.177 e. The van der Waals surface area contributed by atoms with Gasteiger partial charge in [0.25, 0.3) is 0 Å². The Bertz CT molecular complexity index is 626. The second-order valence-corrected chi connectivity index (χ2v) is 4.56. The zero-order chi connectivity index (χ0) is 14.2. The molecule has 1 aromatic carbocycles. The van der Waals surface area contributed by atoms with Gasteiger partial charge < -0.3 is 10.5 Å². The van der Waals surface area contributed by atoms with E-state index in [9.17, 15) is 4.39 Å². The van der Waals surface area contributed by atoms with Crippen molar-refractivity contribution in [3.63, 3.8) is 0 Å². The maximum atomic E-state index is 14.2. The summed E-state index contributed by atoms with van der Waals surface area (Å²) in [4.78, 5) is 8.07. The van der Waals surface area contributed by atoms with E-state index in [2.05, 4.69) is 9.97 Å². The van der Waals surface area contributed by atoms with E-state index in [0.717, 1.165) is 0 Å². The molecular formula is C12H10Cl2FN3O. The van der Waals surface area contributed by atoms with Crippen molar-refractivity contribution < 1.29 is 9.13 Å². The number of nitrogens with zero attached hydrogens (tertiary/aromatic N) is 2. The molecule has 100 valence electrons. The van der Waals surface area contributed by atoms with Gasteiger partial charge >= 0.3 is 0 Å². The Balaban J connectivity index is 2.66. The standard InChI is InChI=1S/C12H10Cl2FN3O/c1-5-8(14)11(16)18-12(17-5)6-3-4-7(13)10(19-2)9(6)15/h3-4H,1-2H3,(H2,16,17,18). The van der Waals surface area contributed by atoms with Crippen LogP contribution in [0.3, 0.4) is 0 Å². The highest BCUT2D eigenvalue weighted by Gasteiger charge is 2.18. The summed E-state index contributed by atoms with van der Waals surface area (Å²) in [5.41, 5.74) is 6.26. The molecule has 1 heterocycles. The summed E-state index contributed by atoms with van der Waals surface area (Å²) >= 11 is 11.7. The highest BCUT2D eigenvalue weighted by atomic mass is 35.5. The molecule has 1 aromatic heterocycles. The average molecular weight is 302 g/mol. The number of ether oxygens (including phenoxy) is 1. The van der Waals surface area contributed by atoms with Crippen molar-refractivity contribution in [3.05, 3.63) is 33.7 Å². The Hall–Kier alpha value is -1.59. The van der Waals surface area contributed by atoms with Crippen LogP contribution in [0.4, 0.5) is 10.2 Å². The predicted molar refractivity (Wildman–Crippen MR) is 73.1 cm³/mol. The van der Waals surface area contributed by atoms with E-state index in [1.54, 1.807) is 6.92 Å². The molecule has 0 saturated heterocycles. The van der Waals surface area contributed by atoms with Crippen molar-refractivity contribution >= 4 is 29.0 Å². The zero-order valence-electron chi connectivity index (χ0n) is 10.2. The first-order valence-corrected chi connectivity index (χ1v) is 6.03. The van der Waals surface area contributed by atoms with Gasteiger partial charge in [0.1, 0.15) is 10.8 Å². The molecule has 0 atom stereocenters. The SMILES string of the molecule is COc1c(Cl)ccc(-c2nc(C)c(Cl)c(N)n2)c1F. The summed E-state index contributed by atoms with van der Waals surface area (Å²) in [7, 11) is 1.33. The molecule has 0 aliphatic carbocycles. The first-order valence-electron chi connectivity index (χ1n) is 5.27. The van der Waals surface area contributed by atoms with Crippen LogP contribution in [-0.4, -0.2) is 17.1 Å². The summed E-state index contributed by atoms with van der Waals surface area (Å²) in [6.07, 6.45) is 0. The lowest BCUT2D eigenvalue weighted by Gasteiger charge is -2.10. The molecule has 2 N–H and O–H groups in total. The molecule has 0 aliphatic rings. The Morgan fingerprint density at radius 3 is 2.53 bits per heavy atom. The lowest BCUT2D eigenvalue weighted by molar-refractivity contribution is 0.387. The molecule has 0 bridgehead atoms. The summed E-state index contributed by atoms with van der Waals surface area (Å²) in [6, 6.07) is 2.96. The van der Waals surface area contributed by atoms with Gasteiger partial charge in [-0.3, -0.25) is 0 Å². The smallest absolute Gasteiger partial charge is 0.177 e. The Labute approximate surface area is 119 Å². The second kappa shape index (κ2) is 5.19. The third-order valence-electron chi connectivity index (χ3n) is 2.54. The predicted octanol–water partition coefficient (Wildman–Crippen LogP) is 3.49. The number of hydrogen-bond acceptors (Lipinski definition) is 4. The van der Waals surface area contributed by atoms with Gasteiger partial charge in [-0.1, -0.05) is 23.2 Å². The maximum absolute atomic E-state index is 14.2. The number of nitrogen functional groups attached to an aromatic ring is 1. The van der Waals surface area contributed by atoms with Crippen molar-refractivity contribution in [3.8, 4) is 17.1 Å². The normalized spacial score (nSPS) is 10.6. The summed E-state index contributed by atoms with van der Waals surface area (Å²) in [6.45, 7) is 1.66. The van der Waals surface area contributed by atoms with Crippen molar-refractivity contribution in [2.45, 2.75) is 6.92 Å². The molecule has 19 heavy (non-hydrogen) atoms. The second-order valence-electron chi connectivity index (χ2n) is 3.77. The van der Waals surface area contributed by atoms with Crippen LogP contribution in [0.2, 0.25) is 10.0 Å². The summed E-state index contributed by atoms with van der Waals surface area (Å²) in [5.74, 6) is -0.477. The molecule has 0 unspecified atom stereocenters. The number of halogens is 3. The first kappa shape index (κ1) is 13.8. The fourth-order valence-corrected chi connectivity index (χ4v) is 1.90. The van der Waals surface area contributed by atoms with Crippen LogP contribution in [0, 0.1) is 12.7 Å². The van der Waals surface area contributed by atoms with Crippen LogP contribution in [0.25, 0.3) is 11.4 Å². The quantitative estimate of drug-likeness (QED) is 0.922. The summed E-state index contributed by atoms with van der Waals surface area (Å²) < 4.78 is 19.1. The van der Waals surface area contributed by atoms with Gasteiger partial charge in [0.05, 0.1) is 23.4 Å². The molecule has 2 aromatic rings. The Morgan fingerprint density at radius 1 is 1.26 bits per heavy atom. The van der Waals surface area contributed by atoms with Crippen LogP contribution in [0.5, 0.6) is 5.75 Å². The lowest BCUT2D eigenvalue weighted by atomic mass is 10.1. The third-order valence-corrected chi connectivity index (χ3v) is 3.30. The third kappa shape index (κ3) is 2.43. The van der Waals surface area contributed by atoms with Crippen LogP contribution in [0.15, 0.2) is 12.1 Å². The fraction of sp³-hybridized carbons (Fsp3) is 0.167. The monoisotopic (exact) mass is 301 g/mol. The van der Waals surface area contributed by atoms with Gasteiger partial charge in [-0.25, -0.2) is 14.4 Å². The molecule has 7 heteroatoms. The van der Waals surface area contributed by atoms with Gasteiger partial charge in [0, 0.05) is 0 Å². The molecule has 0 spiro atoms. The van der Waals surface area contributed by atoms with E-state index < -0.39 is 5.82 Å². The van der Waals surface area contributed by atoms with E-state index in [4.69, 9.17) is 33.7 Å². The van der Waals surface area contributed by atoms with E-state index >= 15 is 0 Å². The number of aromatic nitrogens is 2. The van der Waals surface area contributed by atoms with Crippen molar-refractivity contribution in [1.29, 1.82) is 0 Å². The average Bonchev–Trinajstić information content (AvgIpc) is 2.36. The molecule has 0 fully saturated rings. The van der Waals surface area contributed by atoms with Gasteiger partial charge in [-0.2, -0.15) is 0 Å². The molecule has 0 radical (unpaired) electrons. The van der Waals surface area contributed by atoms with E-state index in [1.165, 1.54) is 19.2 Å². The number of aryl methyl sites for hydroxylation is 1. The molecule has 0 amide bonds. The van der Waals surface area contributed by atoms with E-state index in [0.29, 0.717) is 5.69 Å². The largest absolute Gasteiger partial charge is 0.492 e. The minimum absolute atomic E-state index is 0.0612. The van der Waals surface area contributed by atoms with Crippen LogP contribution < -0.4 is 10.5 Å². The fourth-order valence-electron chi connectivity index (χ4n) is 1.59. The van der Waals surface area contributed by atoms with Crippen LogP contribution in [-0.2, 0) is 0 Å². The highest BCUT2D eigenvalue weighted by Crippen LogP contribution is 2.34. The number of rotatable bonds is 2. The number of nitrogens with two attached hydrogens (primary N) is 1. The minimum Gasteiger partial charge on any atom is -0.492 e. The first-order chi connectivity index (χ1) is 8.95. The molecule has 0 aliphatic heterocycles. The van der Waals surface area contributed by atoms with Crippen LogP contribution in [0.1, 0.15) is 5.69 Å². The highest BCUT2D eigenvalue weighted by molar-refractivity contribution is 6.33. The number of benzene rings is 1. The van der Waals surface area contributed by atoms with Crippen LogP contribution >= 0.6 is 23.2 Å². The topological polar surface area (TPSA) is 61.0 Å². The van der Waals surface area contributed by atoms with Crippen molar-refractivity contribution in [1.82, 2.24) is 9.97 Å². The molecular weight excluding hydrogens is 292 g/mol. The number of hydrogen-bond donors (Lipinski definition) is 1. The molecule has 0 saturated carbocycles. The van der Waals surface area contributed by atoms with Gasteiger partial charge in [0.2, 0.25) is 0 Å². The Kier molecular flexibility index (Phi) is 3.78.